The third-order valence-corrected chi connectivity index (χ3v) is 3.78. The Morgan fingerprint density at radius 3 is 2.64 bits per heavy atom. The molecule has 1 N–H and O–H groups in total. The quantitative estimate of drug-likeness (QED) is 0.835. The number of carbonyl (C=O) groups excluding carboxylic acids is 3. The molecule has 1 atom stereocenters. The largest absolute Gasteiger partial charge is 0.486 e. The first kappa shape index (κ1) is 14.4. The average Bonchev–Trinajstić information content (AvgIpc) is 2.71. The number of hydrogen-bond acceptors (Lipinski definition) is 5. The topological polar surface area (TPSA) is 84.9 Å². The summed E-state index contributed by atoms with van der Waals surface area (Å²) in [6, 6.07) is 4.53. The van der Waals surface area contributed by atoms with Gasteiger partial charge in [0.15, 0.2) is 11.5 Å². The molecular formula is C15H16N2O5. The second-order valence-electron chi connectivity index (χ2n) is 5.51. The molecule has 0 aliphatic carbocycles. The van der Waals surface area contributed by atoms with Crippen molar-refractivity contribution >= 4 is 17.7 Å². The molecule has 1 fully saturated rings. The lowest BCUT2D eigenvalue weighted by molar-refractivity contribution is -0.133. The molecule has 2 aliphatic heterocycles. The maximum atomic E-state index is 12.6. The minimum atomic E-state index is -1.22. The zero-order valence-corrected chi connectivity index (χ0v) is 12.3. The van der Waals surface area contributed by atoms with Crippen LogP contribution < -0.4 is 14.8 Å². The van der Waals surface area contributed by atoms with Crippen LogP contribution in [0.25, 0.3) is 0 Å². The molecule has 116 valence electrons. The summed E-state index contributed by atoms with van der Waals surface area (Å²) in [6.07, 6.45) is 0. The van der Waals surface area contributed by atoms with Crippen LogP contribution in [0, 0.1) is 0 Å². The van der Waals surface area contributed by atoms with Crippen LogP contribution in [-0.2, 0) is 15.1 Å². The molecule has 1 saturated heterocycles. The third-order valence-electron chi connectivity index (χ3n) is 3.78. The second-order valence-corrected chi connectivity index (χ2v) is 5.51. The van der Waals surface area contributed by atoms with Crippen molar-refractivity contribution < 1.29 is 23.9 Å². The first-order chi connectivity index (χ1) is 10.4. The highest BCUT2D eigenvalue weighted by atomic mass is 16.6. The number of ether oxygens (including phenoxy) is 2. The van der Waals surface area contributed by atoms with Gasteiger partial charge in [0, 0.05) is 0 Å². The summed E-state index contributed by atoms with van der Waals surface area (Å²) in [5.74, 6) is 0.437. The van der Waals surface area contributed by atoms with Crippen LogP contribution in [-0.4, -0.2) is 42.4 Å². The molecule has 3 rings (SSSR count). The lowest BCUT2D eigenvalue weighted by Crippen LogP contribution is -2.41. The molecule has 1 aromatic carbocycles. The van der Waals surface area contributed by atoms with Gasteiger partial charge in [-0.05, 0) is 31.5 Å². The Bertz CT molecular complexity index is 672. The van der Waals surface area contributed by atoms with E-state index in [9.17, 15) is 14.4 Å². The summed E-state index contributed by atoms with van der Waals surface area (Å²) in [7, 11) is 0. The van der Waals surface area contributed by atoms with Gasteiger partial charge >= 0.3 is 6.03 Å². The van der Waals surface area contributed by atoms with E-state index in [0.29, 0.717) is 30.3 Å². The molecule has 0 radical (unpaired) electrons. The Morgan fingerprint density at radius 2 is 1.95 bits per heavy atom. The zero-order chi connectivity index (χ0) is 15.9. The van der Waals surface area contributed by atoms with Crippen molar-refractivity contribution in [2.75, 3.05) is 19.8 Å². The van der Waals surface area contributed by atoms with Gasteiger partial charge in [0.05, 0.1) is 6.54 Å². The minimum Gasteiger partial charge on any atom is -0.486 e. The summed E-state index contributed by atoms with van der Waals surface area (Å²) in [5.41, 5.74) is -0.635. The molecule has 0 saturated carbocycles. The van der Waals surface area contributed by atoms with Gasteiger partial charge in [-0.25, -0.2) is 4.79 Å². The van der Waals surface area contributed by atoms with E-state index < -0.39 is 17.5 Å². The predicted octanol–water partition coefficient (Wildman–Crippen LogP) is 0.814. The monoisotopic (exact) mass is 304 g/mol. The minimum absolute atomic E-state index is 0.231. The fourth-order valence-corrected chi connectivity index (χ4v) is 2.61. The van der Waals surface area contributed by atoms with Crippen LogP contribution in [0.1, 0.15) is 19.4 Å². The lowest BCUT2D eigenvalue weighted by atomic mass is 9.91. The maximum absolute atomic E-state index is 12.6. The number of benzene rings is 1. The molecule has 2 heterocycles. The van der Waals surface area contributed by atoms with Crippen molar-refractivity contribution in [2.24, 2.45) is 0 Å². The van der Waals surface area contributed by atoms with E-state index in [-0.39, 0.29) is 12.3 Å². The highest BCUT2D eigenvalue weighted by molar-refractivity contribution is 6.09. The van der Waals surface area contributed by atoms with E-state index >= 15 is 0 Å². The Labute approximate surface area is 127 Å². The van der Waals surface area contributed by atoms with Crippen molar-refractivity contribution in [3.63, 3.8) is 0 Å². The van der Waals surface area contributed by atoms with Gasteiger partial charge in [-0.2, -0.15) is 0 Å². The number of ketones is 1. The van der Waals surface area contributed by atoms with E-state index in [2.05, 4.69) is 5.32 Å². The zero-order valence-electron chi connectivity index (χ0n) is 12.3. The van der Waals surface area contributed by atoms with E-state index in [1.807, 2.05) is 0 Å². The number of rotatable bonds is 3. The number of Topliss-reactive ketones (excluding diaryl/α,β-unsaturated/α-hetero) is 1. The van der Waals surface area contributed by atoms with Crippen molar-refractivity contribution in [3.05, 3.63) is 23.8 Å². The fourth-order valence-electron chi connectivity index (χ4n) is 2.61. The Balaban J connectivity index is 1.95. The number of carbonyl (C=O) groups is 3. The first-order valence-electron chi connectivity index (χ1n) is 6.95. The summed E-state index contributed by atoms with van der Waals surface area (Å²) >= 11 is 0. The fraction of sp³-hybridized carbons (Fsp3) is 0.400. The molecule has 0 aromatic heterocycles. The molecule has 0 unspecified atom stereocenters. The van der Waals surface area contributed by atoms with Gasteiger partial charge < -0.3 is 14.8 Å². The predicted molar refractivity (Wildman–Crippen MR) is 75.7 cm³/mol. The number of imide groups is 1. The van der Waals surface area contributed by atoms with Gasteiger partial charge in [-0.1, -0.05) is 6.07 Å². The molecule has 0 spiro atoms. The lowest BCUT2D eigenvalue weighted by Gasteiger charge is -2.25. The van der Waals surface area contributed by atoms with Crippen LogP contribution >= 0.6 is 0 Å². The normalized spacial score (nSPS) is 23.5. The van der Waals surface area contributed by atoms with Crippen molar-refractivity contribution in [1.82, 2.24) is 10.2 Å². The summed E-state index contributed by atoms with van der Waals surface area (Å²) < 4.78 is 10.9. The number of hydrogen-bond donors (Lipinski definition) is 1. The Morgan fingerprint density at radius 1 is 1.27 bits per heavy atom. The van der Waals surface area contributed by atoms with E-state index in [4.69, 9.17) is 9.47 Å². The maximum Gasteiger partial charge on any atom is 0.325 e. The summed E-state index contributed by atoms with van der Waals surface area (Å²) in [6.45, 7) is 3.62. The molecule has 22 heavy (non-hydrogen) atoms. The average molecular weight is 304 g/mol. The summed E-state index contributed by atoms with van der Waals surface area (Å²) in [4.78, 5) is 36.7. The molecule has 7 nitrogen and oxygen atoms in total. The van der Waals surface area contributed by atoms with Gasteiger partial charge in [0.25, 0.3) is 5.91 Å². The van der Waals surface area contributed by atoms with E-state index in [0.717, 1.165) is 4.90 Å². The number of amides is 3. The highest BCUT2D eigenvalue weighted by Crippen LogP contribution is 2.36. The van der Waals surface area contributed by atoms with Crippen molar-refractivity contribution in [2.45, 2.75) is 19.4 Å². The van der Waals surface area contributed by atoms with Gasteiger partial charge in [-0.15, -0.1) is 0 Å². The van der Waals surface area contributed by atoms with Gasteiger partial charge in [-0.3, -0.25) is 14.5 Å². The molecular weight excluding hydrogens is 288 g/mol. The van der Waals surface area contributed by atoms with E-state index in [1.54, 1.807) is 25.1 Å². The van der Waals surface area contributed by atoms with Crippen LogP contribution in [0.3, 0.4) is 0 Å². The van der Waals surface area contributed by atoms with Crippen LogP contribution in [0.4, 0.5) is 4.79 Å². The smallest absolute Gasteiger partial charge is 0.325 e. The number of nitrogens with zero attached hydrogens (tertiary/aromatic N) is 1. The molecule has 2 aliphatic rings. The molecule has 0 bridgehead atoms. The SMILES string of the molecule is CC(=O)CN1C(=O)N[C@@](C)(c2ccc3c(c2)OCCO3)C1=O. The Kier molecular flexibility index (Phi) is 3.27. The van der Waals surface area contributed by atoms with Gasteiger partial charge in [0.1, 0.15) is 24.5 Å². The van der Waals surface area contributed by atoms with Crippen molar-refractivity contribution in [1.29, 1.82) is 0 Å². The molecule has 1 aromatic rings. The van der Waals surface area contributed by atoms with Crippen molar-refractivity contribution in [3.8, 4) is 11.5 Å². The number of urea groups is 1. The summed E-state index contributed by atoms with van der Waals surface area (Å²) in [5, 5.41) is 2.65. The van der Waals surface area contributed by atoms with Crippen LogP contribution in [0.2, 0.25) is 0 Å². The Hall–Kier alpha value is -2.57. The van der Waals surface area contributed by atoms with Crippen LogP contribution in [0.15, 0.2) is 18.2 Å². The number of nitrogens with one attached hydrogen (secondary N) is 1. The standard InChI is InChI=1S/C15H16N2O5/c1-9(18)8-17-13(19)15(2,16-14(17)20)10-3-4-11-12(7-10)22-6-5-21-11/h3-4,7H,5-6,8H2,1-2H3,(H,16,20)/t15-/m0/s1. The van der Waals surface area contributed by atoms with Gasteiger partial charge in [0.2, 0.25) is 0 Å². The second kappa shape index (κ2) is 5.01. The van der Waals surface area contributed by atoms with Crippen LogP contribution in [0.5, 0.6) is 11.5 Å². The highest BCUT2D eigenvalue weighted by Gasteiger charge is 2.49. The first-order valence-corrected chi connectivity index (χ1v) is 6.95. The van der Waals surface area contributed by atoms with E-state index in [1.165, 1.54) is 6.92 Å². The number of fused-ring (bicyclic) bond motifs is 1. The third kappa shape index (κ3) is 2.18. The molecule has 7 heteroatoms. The molecule has 3 amide bonds.